The molecule has 0 saturated heterocycles. The van der Waals surface area contributed by atoms with Gasteiger partial charge >= 0.3 is 0 Å². The Morgan fingerprint density at radius 2 is 1.59 bits per heavy atom. The molecule has 0 saturated carbocycles. The van der Waals surface area contributed by atoms with Crippen LogP contribution in [-0.2, 0) is 17.6 Å². The van der Waals surface area contributed by atoms with Gasteiger partial charge in [-0.25, -0.2) is 9.97 Å². The lowest BCUT2D eigenvalue weighted by atomic mass is 10.2. The average molecular weight is 340 g/mol. The highest BCUT2D eigenvalue weighted by molar-refractivity contribution is 7.99. The van der Waals surface area contributed by atoms with Gasteiger partial charge in [0.15, 0.2) is 0 Å². The Labute approximate surface area is 137 Å². The number of thioether (sulfide) groups is 2. The number of carbonyl (C=O) groups excluding carboxylic acids is 1. The zero-order valence-corrected chi connectivity index (χ0v) is 14.4. The molecule has 2 aromatic rings. The van der Waals surface area contributed by atoms with Crippen LogP contribution in [0.25, 0.3) is 0 Å². The summed E-state index contributed by atoms with van der Waals surface area (Å²) in [6.07, 6.45) is 3.06. The molecule has 2 aromatic heterocycles. The number of nitrogens with zero attached hydrogens (tertiary/aromatic N) is 4. The summed E-state index contributed by atoms with van der Waals surface area (Å²) < 4.78 is 0. The smallest absolute Gasteiger partial charge is 0.208 e. The molecule has 9 heteroatoms. The van der Waals surface area contributed by atoms with Crippen LogP contribution in [0.15, 0.2) is 10.3 Å². The van der Waals surface area contributed by atoms with Crippen molar-refractivity contribution in [3.05, 3.63) is 11.6 Å². The highest BCUT2D eigenvalue weighted by Gasteiger charge is 2.08. The Morgan fingerprint density at radius 3 is 2.14 bits per heavy atom. The molecular formula is C13H20N6OS2. The Bertz CT molecular complexity index is 597. The number of hydrogen-bond acceptors (Lipinski definition) is 7. The number of H-pyrrole nitrogens is 2. The quantitative estimate of drug-likeness (QED) is 0.505. The molecule has 2 N–H and O–H groups in total. The van der Waals surface area contributed by atoms with Crippen molar-refractivity contribution in [1.29, 1.82) is 0 Å². The Balaban J connectivity index is 1.59. The van der Waals surface area contributed by atoms with E-state index in [4.69, 9.17) is 0 Å². The van der Waals surface area contributed by atoms with Crippen molar-refractivity contribution in [2.24, 2.45) is 0 Å². The highest BCUT2D eigenvalue weighted by Crippen LogP contribution is 2.16. The van der Waals surface area contributed by atoms with E-state index in [1.54, 1.807) is 11.8 Å². The summed E-state index contributed by atoms with van der Waals surface area (Å²) in [4.78, 5) is 20.4. The van der Waals surface area contributed by atoms with Crippen LogP contribution in [0.1, 0.15) is 38.3 Å². The van der Waals surface area contributed by atoms with Gasteiger partial charge in [0.1, 0.15) is 17.4 Å². The van der Waals surface area contributed by atoms with Crippen molar-refractivity contribution in [2.75, 3.05) is 11.5 Å². The van der Waals surface area contributed by atoms with E-state index >= 15 is 0 Å². The zero-order chi connectivity index (χ0) is 15.8. The lowest BCUT2D eigenvalue weighted by Gasteiger charge is -1.98. The van der Waals surface area contributed by atoms with Crippen molar-refractivity contribution in [2.45, 2.75) is 49.8 Å². The van der Waals surface area contributed by atoms with Gasteiger partial charge in [0.2, 0.25) is 10.3 Å². The maximum Gasteiger partial charge on any atom is 0.208 e. The van der Waals surface area contributed by atoms with Gasteiger partial charge in [0, 0.05) is 25.0 Å². The first-order chi connectivity index (χ1) is 10.7. The molecule has 0 fully saturated rings. The molecule has 7 nitrogen and oxygen atoms in total. The number of carbonyl (C=O) groups is 1. The average Bonchev–Trinajstić information content (AvgIpc) is 3.18. The summed E-state index contributed by atoms with van der Waals surface area (Å²) in [6.45, 7) is 4.04. The minimum absolute atomic E-state index is 0.220. The van der Waals surface area contributed by atoms with Gasteiger partial charge < -0.3 is 0 Å². The normalized spacial score (nSPS) is 11.0. The molecule has 0 aromatic carbocycles. The monoisotopic (exact) mass is 340 g/mol. The second-order valence-electron chi connectivity index (χ2n) is 4.62. The third kappa shape index (κ3) is 5.45. The van der Waals surface area contributed by atoms with Crippen molar-refractivity contribution in [3.63, 3.8) is 0 Å². The Hall–Kier alpha value is -1.35. The fraction of sp³-hybridized carbons (Fsp3) is 0.615. The molecule has 22 heavy (non-hydrogen) atoms. The lowest BCUT2D eigenvalue weighted by molar-refractivity contribution is -0.116. The second kappa shape index (κ2) is 8.94. The van der Waals surface area contributed by atoms with E-state index in [1.165, 1.54) is 11.8 Å². The number of aromatic nitrogens is 6. The predicted octanol–water partition coefficient (Wildman–Crippen LogP) is 2.28. The van der Waals surface area contributed by atoms with E-state index in [9.17, 15) is 4.79 Å². The fourth-order valence-electron chi connectivity index (χ4n) is 1.65. The summed E-state index contributed by atoms with van der Waals surface area (Å²) in [5, 5.41) is 15.3. The van der Waals surface area contributed by atoms with E-state index < -0.39 is 0 Å². The van der Waals surface area contributed by atoms with Crippen LogP contribution in [0.2, 0.25) is 0 Å². The first-order valence-corrected chi connectivity index (χ1v) is 9.28. The van der Waals surface area contributed by atoms with E-state index in [0.29, 0.717) is 17.3 Å². The maximum atomic E-state index is 11.8. The van der Waals surface area contributed by atoms with Crippen LogP contribution in [0.3, 0.4) is 0 Å². The number of ketones is 1. The number of hydrogen-bond donors (Lipinski definition) is 2. The third-order valence-electron chi connectivity index (χ3n) is 2.89. The van der Waals surface area contributed by atoms with Crippen LogP contribution in [0.5, 0.6) is 0 Å². The standard InChI is InChI=1S/C13H20N6OS2/c1-3-10-14-12(18-16-10)21-7-5-6-9(20)8-22-13-15-11(4-2)17-19-13/h3-8H2,1-2H3,(H,14,16,18)(H,15,17,19). The molecule has 2 heterocycles. The van der Waals surface area contributed by atoms with Gasteiger partial charge in [-0.1, -0.05) is 37.4 Å². The van der Waals surface area contributed by atoms with Crippen molar-refractivity contribution >= 4 is 29.3 Å². The molecule has 0 aliphatic heterocycles. The minimum Gasteiger partial charge on any atom is -0.299 e. The Morgan fingerprint density at radius 1 is 1.00 bits per heavy atom. The third-order valence-corrected chi connectivity index (χ3v) is 4.73. The minimum atomic E-state index is 0.220. The van der Waals surface area contributed by atoms with Gasteiger partial charge in [-0.15, -0.1) is 10.2 Å². The summed E-state index contributed by atoms with van der Waals surface area (Å²) in [6, 6.07) is 0. The van der Waals surface area contributed by atoms with Gasteiger partial charge in [-0.05, 0) is 6.42 Å². The van der Waals surface area contributed by atoms with E-state index in [-0.39, 0.29) is 5.78 Å². The van der Waals surface area contributed by atoms with Gasteiger partial charge in [-0.2, -0.15) is 0 Å². The van der Waals surface area contributed by atoms with Crippen LogP contribution < -0.4 is 0 Å². The molecule has 0 aliphatic carbocycles. The second-order valence-corrected chi connectivity index (χ2v) is 6.62. The molecular weight excluding hydrogens is 320 g/mol. The largest absolute Gasteiger partial charge is 0.299 e. The molecule has 0 radical (unpaired) electrons. The number of nitrogens with one attached hydrogen (secondary N) is 2. The van der Waals surface area contributed by atoms with Gasteiger partial charge in [0.05, 0.1) is 5.75 Å². The van der Waals surface area contributed by atoms with Gasteiger partial charge in [0.25, 0.3) is 0 Å². The summed E-state index contributed by atoms with van der Waals surface area (Å²) in [5.74, 6) is 3.24. The summed E-state index contributed by atoms with van der Waals surface area (Å²) in [5.41, 5.74) is 0. The molecule has 2 rings (SSSR count). The molecule has 0 atom stereocenters. The van der Waals surface area contributed by atoms with Crippen molar-refractivity contribution in [3.8, 4) is 0 Å². The molecule has 0 amide bonds. The van der Waals surface area contributed by atoms with Crippen molar-refractivity contribution in [1.82, 2.24) is 30.4 Å². The van der Waals surface area contributed by atoms with E-state index in [1.807, 2.05) is 13.8 Å². The molecule has 0 bridgehead atoms. The summed E-state index contributed by atoms with van der Waals surface area (Å²) >= 11 is 2.96. The SMILES string of the molecule is CCc1nc(SCCCC(=O)CSc2n[nH]c(CC)n2)n[nH]1. The van der Waals surface area contributed by atoms with E-state index in [0.717, 1.165) is 41.8 Å². The number of aromatic amines is 2. The molecule has 120 valence electrons. The summed E-state index contributed by atoms with van der Waals surface area (Å²) in [7, 11) is 0. The van der Waals surface area contributed by atoms with Crippen molar-refractivity contribution < 1.29 is 4.79 Å². The van der Waals surface area contributed by atoms with Crippen LogP contribution in [0.4, 0.5) is 0 Å². The predicted molar refractivity (Wildman–Crippen MR) is 87.2 cm³/mol. The van der Waals surface area contributed by atoms with E-state index in [2.05, 4.69) is 30.4 Å². The molecule has 0 aliphatic rings. The number of rotatable bonds is 10. The molecule has 0 unspecified atom stereocenters. The zero-order valence-electron chi connectivity index (χ0n) is 12.8. The number of Topliss-reactive ketones (excluding diaryl/α,β-unsaturated/α-hetero) is 1. The molecule has 0 spiro atoms. The van der Waals surface area contributed by atoms with Gasteiger partial charge in [-0.3, -0.25) is 15.0 Å². The first-order valence-electron chi connectivity index (χ1n) is 7.31. The number of aryl methyl sites for hydroxylation is 2. The first kappa shape index (κ1) is 17.0. The topological polar surface area (TPSA) is 100 Å². The van der Waals surface area contributed by atoms with Crippen LogP contribution in [-0.4, -0.2) is 47.7 Å². The fourth-order valence-corrected chi connectivity index (χ4v) is 3.13. The van der Waals surface area contributed by atoms with Crippen LogP contribution >= 0.6 is 23.5 Å². The maximum absolute atomic E-state index is 11.8. The highest BCUT2D eigenvalue weighted by atomic mass is 32.2. The Kier molecular flexibility index (Phi) is 6.91. The lowest BCUT2D eigenvalue weighted by Crippen LogP contribution is -2.02. The van der Waals surface area contributed by atoms with Crippen LogP contribution in [0, 0.1) is 0 Å².